The molecule has 0 saturated carbocycles. The number of alkyl halides is 3. The molecule has 0 heterocycles. The number of rotatable bonds is 2. The van der Waals surface area contributed by atoms with Crippen molar-refractivity contribution in [3.63, 3.8) is 0 Å². The molecular formula is C10H12F3NO2S. The molecular weight excluding hydrogens is 255 g/mol. The van der Waals surface area contributed by atoms with Gasteiger partial charge in [0.15, 0.2) is 0 Å². The van der Waals surface area contributed by atoms with Crippen molar-refractivity contribution in [1.29, 1.82) is 0 Å². The van der Waals surface area contributed by atoms with Crippen LogP contribution in [0.4, 0.5) is 13.2 Å². The molecule has 0 saturated heterocycles. The summed E-state index contributed by atoms with van der Waals surface area (Å²) >= 11 is 0. The number of hydrogen-bond donors (Lipinski definition) is 1. The summed E-state index contributed by atoms with van der Waals surface area (Å²) in [5, 5.41) is 0. The fourth-order valence-electron chi connectivity index (χ4n) is 1.79. The van der Waals surface area contributed by atoms with Crippen molar-refractivity contribution in [2.24, 2.45) is 0 Å². The van der Waals surface area contributed by atoms with Crippen molar-refractivity contribution in [1.82, 2.24) is 4.72 Å². The molecule has 0 aliphatic carbocycles. The first kappa shape index (κ1) is 14.0. The fourth-order valence-corrected chi connectivity index (χ4v) is 3.17. The standard InChI is InChI=1S/C10H12F3NO2S/c1-6-4-7(2)9(8(3)5-6)17(15,16)14-10(11,12)13/h4-5,14H,1-3H3. The van der Waals surface area contributed by atoms with E-state index in [0.29, 0.717) is 15.8 Å². The SMILES string of the molecule is Cc1cc(C)c(S(=O)(=O)NC(F)(F)F)c(C)c1. The molecule has 0 bridgehead atoms. The smallest absolute Gasteiger partial charge is 0.207 e. The Hall–Kier alpha value is -1.08. The molecule has 1 rings (SSSR count). The van der Waals surface area contributed by atoms with Gasteiger partial charge in [0.2, 0.25) is 10.0 Å². The maximum Gasteiger partial charge on any atom is 0.470 e. The molecule has 7 heteroatoms. The highest BCUT2D eigenvalue weighted by Crippen LogP contribution is 2.24. The number of aryl methyl sites for hydroxylation is 3. The van der Waals surface area contributed by atoms with Gasteiger partial charge in [-0.25, -0.2) is 8.42 Å². The molecule has 0 aliphatic heterocycles. The van der Waals surface area contributed by atoms with E-state index in [-0.39, 0.29) is 4.90 Å². The van der Waals surface area contributed by atoms with Gasteiger partial charge in [-0.05, 0) is 31.9 Å². The zero-order valence-corrected chi connectivity index (χ0v) is 10.3. The molecule has 0 spiro atoms. The summed E-state index contributed by atoms with van der Waals surface area (Å²) < 4.78 is 60.1. The van der Waals surface area contributed by atoms with Crippen LogP contribution in [0.1, 0.15) is 16.7 Å². The normalized spacial score (nSPS) is 12.8. The van der Waals surface area contributed by atoms with E-state index < -0.39 is 16.3 Å². The van der Waals surface area contributed by atoms with Crippen molar-refractivity contribution >= 4 is 10.0 Å². The monoisotopic (exact) mass is 267 g/mol. The molecule has 17 heavy (non-hydrogen) atoms. The Morgan fingerprint density at radius 3 is 1.82 bits per heavy atom. The summed E-state index contributed by atoms with van der Waals surface area (Å²) in [7, 11) is -4.57. The lowest BCUT2D eigenvalue weighted by molar-refractivity contribution is -0.138. The van der Waals surface area contributed by atoms with Gasteiger partial charge in [-0.2, -0.15) is 13.2 Å². The molecule has 0 aliphatic rings. The Bertz CT molecular complexity index is 512. The number of nitrogens with one attached hydrogen (secondary N) is 1. The summed E-state index contributed by atoms with van der Waals surface area (Å²) in [6.45, 7) is 4.67. The molecule has 0 radical (unpaired) electrons. The van der Waals surface area contributed by atoms with Crippen molar-refractivity contribution in [2.75, 3.05) is 0 Å². The van der Waals surface area contributed by atoms with E-state index in [0.717, 1.165) is 5.56 Å². The van der Waals surface area contributed by atoms with Crippen LogP contribution < -0.4 is 4.72 Å². The van der Waals surface area contributed by atoms with Crippen LogP contribution in [0.3, 0.4) is 0 Å². The summed E-state index contributed by atoms with van der Waals surface area (Å²) in [5.41, 5.74) is 1.38. The van der Waals surface area contributed by atoms with Crippen molar-refractivity contribution in [3.05, 3.63) is 28.8 Å². The van der Waals surface area contributed by atoms with Crippen LogP contribution in [0.15, 0.2) is 17.0 Å². The Kier molecular flexibility index (Phi) is 3.54. The Labute approximate surface area is 97.7 Å². The van der Waals surface area contributed by atoms with E-state index in [9.17, 15) is 21.6 Å². The molecule has 1 aromatic rings. The van der Waals surface area contributed by atoms with Gasteiger partial charge in [-0.15, -0.1) is 4.72 Å². The molecule has 0 unspecified atom stereocenters. The summed E-state index contributed by atoms with van der Waals surface area (Å²) in [4.78, 5) is -0.319. The molecule has 1 aromatic carbocycles. The van der Waals surface area contributed by atoms with E-state index in [4.69, 9.17) is 0 Å². The minimum Gasteiger partial charge on any atom is -0.207 e. The van der Waals surface area contributed by atoms with E-state index in [1.807, 2.05) is 0 Å². The van der Waals surface area contributed by atoms with E-state index in [1.54, 1.807) is 6.92 Å². The maximum atomic E-state index is 12.1. The second-order valence-corrected chi connectivity index (χ2v) is 5.45. The predicted octanol–water partition coefficient (Wildman–Crippen LogP) is 2.41. The average Bonchev–Trinajstić information content (AvgIpc) is 1.93. The van der Waals surface area contributed by atoms with Gasteiger partial charge >= 0.3 is 6.30 Å². The second-order valence-electron chi connectivity index (χ2n) is 3.83. The lowest BCUT2D eigenvalue weighted by Crippen LogP contribution is -2.37. The van der Waals surface area contributed by atoms with Crippen molar-refractivity contribution in [2.45, 2.75) is 32.0 Å². The third kappa shape index (κ3) is 3.44. The van der Waals surface area contributed by atoms with Gasteiger partial charge in [-0.1, -0.05) is 17.7 Å². The molecule has 3 nitrogen and oxygen atoms in total. The first-order valence-corrected chi connectivity index (χ1v) is 6.20. The Balaban J connectivity index is 3.35. The lowest BCUT2D eigenvalue weighted by atomic mass is 10.1. The van der Waals surface area contributed by atoms with Crippen LogP contribution in [-0.4, -0.2) is 14.7 Å². The largest absolute Gasteiger partial charge is 0.470 e. The highest BCUT2D eigenvalue weighted by molar-refractivity contribution is 7.89. The van der Waals surface area contributed by atoms with E-state index in [2.05, 4.69) is 0 Å². The molecule has 0 atom stereocenters. The number of hydrogen-bond acceptors (Lipinski definition) is 2. The number of halogens is 3. The molecule has 0 aromatic heterocycles. The average molecular weight is 267 g/mol. The summed E-state index contributed by atoms with van der Waals surface area (Å²) in [6.07, 6.45) is -4.97. The first-order chi connectivity index (χ1) is 7.53. The first-order valence-electron chi connectivity index (χ1n) is 4.71. The fraction of sp³-hybridized carbons (Fsp3) is 0.400. The lowest BCUT2D eigenvalue weighted by Gasteiger charge is -2.14. The van der Waals surface area contributed by atoms with Gasteiger partial charge in [-0.3, -0.25) is 0 Å². The Morgan fingerprint density at radius 1 is 1.06 bits per heavy atom. The number of benzene rings is 1. The molecule has 1 N–H and O–H groups in total. The summed E-state index contributed by atoms with van der Waals surface area (Å²) in [5.74, 6) is 0. The zero-order chi connectivity index (χ0) is 13.4. The third-order valence-electron chi connectivity index (χ3n) is 2.12. The van der Waals surface area contributed by atoms with Crippen LogP contribution in [0.2, 0.25) is 0 Å². The topological polar surface area (TPSA) is 46.2 Å². The second kappa shape index (κ2) is 4.30. The molecule has 0 fully saturated rings. The third-order valence-corrected chi connectivity index (χ3v) is 3.81. The van der Waals surface area contributed by atoms with Crippen LogP contribution >= 0.6 is 0 Å². The van der Waals surface area contributed by atoms with Crippen molar-refractivity contribution < 1.29 is 21.6 Å². The maximum absolute atomic E-state index is 12.1. The molecule has 0 amide bonds. The van der Waals surface area contributed by atoms with Crippen LogP contribution in [0.5, 0.6) is 0 Å². The van der Waals surface area contributed by atoms with Gasteiger partial charge < -0.3 is 0 Å². The number of sulfonamides is 1. The minimum absolute atomic E-state index is 0.291. The van der Waals surface area contributed by atoms with Gasteiger partial charge in [0.1, 0.15) is 0 Å². The van der Waals surface area contributed by atoms with Gasteiger partial charge in [0.25, 0.3) is 0 Å². The summed E-state index contributed by atoms with van der Waals surface area (Å²) in [6, 6.07) is 3.05. The molecule has 96 valence electrons. The quantitative estimate of drug-likeness (QED) is 0.836. The van der Waals surface area contributed by atoms with E-state index >= 15 is 0 Å². The van der Waals surface area contributed by atoms with Gasteiger partial charge in [0.05, 0.1) is 4.90 Å². The van der Waals surface area contributed by atoms with Crippen LogP contribution in [0.25, 0.3) is 0 Å². The van der Waals surface area contributed by atoms with Crippen molar-refractivity contribution in [3.8, 4) is 0 Å². The van der Waals surface area contributed by atoms with E-state index in [1.165, 1.54) is 26.0 Å². The highest BCUT2D eigenvalue weighted by Gasteiger charge is 2.36. The highest BCUT2D eigenvalue weighted by atomic mass is 32.2. The minimum atomic E-state index is -4.97. The Morgan fingerprint density at radius 2 is 1.47 bits per heavy atom. The van der Waals surface area contributed by atoms with Crippen LogP contribution in [0, 0.1) is 20.8 Å². The van der Waals surface area contributed by atoms with Gasteiger partial charge in [0, 0.05) is 0 Å². The van der Waals surface area contributed by atoms with Crippen LogP contribution in [-0.2, 0) is 10.0 Å². The predicted molar refractivity (Wildman–Crippen MR) is 57.0 cm³/mol. The zero-order valence-electron chi connectivity index (χ0n) is 9.51.